The van der Waals surface area contributed by atoms with Gasteiger partial charge in [-0.25, -0.2) is 0 Å². The first-order chi connectivity index (χ1) is 13.0. The van der Waals surface area contributed by atoms with Crippen LogP contribution in [0.2, 0.25) is 0 Å². The summed E-state index contributed by atoms with van der Waals surface area (Å²) in [6.07, 6.45) is 10.3. The number of ether oxygens (including phenoxy) is 1. The highest BCUT2D eigenvalue weighted by atomic mass is 16.5. The highest BCUT2D eigenvalue weighted by Gasteiger charge is 2.67. The molecule has 1 aromatic rings. The van der Waals surface area contributed by atoms with Gasteiger partial charge in [0.05, 0.1) is 42.9 Å². The van der Waals surface area contributed by atoms with Crippen molar-refractivity contribution in [3.05, 3.63) is 36.4 Å². The van der Waals surface area contributed by atoms with Crippen LogP contribution in [0.25, 0.3) is 0 Å². The van der Waals surface area contributed by atoms with Crippen molar-refractivity contribution in [1.82, 2.24) is 19.8 Å². The zero-order valence-electron chi connectivity index (χ0n) is 16.0. The maximum atomic E-state index is 13.2. The van der Waals surface area contributed by atoms with Gasteiger partial charge in [-0.1, -0.05) is 26.0 Å². The summed E-state index contributed by atoms with van der Waals surface area (Å²) in [5.41, 5.74) is 0.0806. The van der Waals surface area contributed by atoms with Gasteiger partial charge in [0.1, 0.15) is 5.60 Å². The molecule has 7 nitrogen and oxygen atoms in total. The second kappa shape index (κ2) is 6.71. The predicted octanol–water partition coefficient (Wildman–Crippen LogP) is 1.41. The average Bonchev–Trinajstić information content (AvgIpc) is 3.32. The van der Waals surface area contributed by atoms with Crippen molar-refractivity contribution in [2.24, 2.45) is 11.8 Å². The van der Waals surface area contributed by atoms with E-state index in [1.807, 2.05) is 17.1 Å². The molecule has 144 valence electrons. The fraction of sp³-hybridized carbons (Fsp3) is 0.600. The van der Waals surface area contributed by atoms with Gasteiger partial charge in [0.2, 0.25) is 11.8 Å². The molecular formula is C20H26N4O3. The van der Waals surface area contributed by atoms with Crippen LogP contribution in [-0.4, -0.2) is 62.9 Å². The zero-order chi connectivity index (χ0) is 19.2. The molecule has 0 radical (unpaired) electrons. The number of likely N-dealkylation sites (tertiary alicyclic amines) is 1. The minimum atomic E-state index is -0.641. The zero-order valence-corrected chi connectivity index (χ0v) is 16.0. The molecule has 1 aromatic heterocycles. The Hall–Kier alpha value is -2.28. The summed E-state index contributed by atoms with van der Waals surface area (Å²) in [5, 5.41) is 0. The third-order valence-corrected chi connectivity index (χ3v) is 6.19. The fourth-order valence-corrected chi connectivity index (χ4v) is 4.84. The van der Waals surface area contributed by atoms with Gasteiger partial charge in [0.25, 0.3) is 0 Å². The Morgan fingerprint density at radius 3 is 2.85 bits per heavy atom. The van der Waals surface area contributed by atoms with Crippen molar-refractivity contribution in [2.45, 2.75) is 51.0 Å². The van der Waals surface area contributed by atoms with Crippen LogP contribution in [-0.2, 0) is 20.9 Å². The minimum absolute atomic E-state index is 0.0572. The van der Waals surface area contributed by atoms with Gasteiger partial charge in [-0.3, -0.25) is 19.6 Å². The highest BCUT2D eigenvalue weighted by molar-refractivity contribution is 5.93. The van der Waals surface area contributed by atoms with Crippen molar-refractivity contribution in [2.75, 3.05) is 13.6 Å². The van der Waals surface area contributed by atoms with Gasteiger partial charge < -0.3 is 14.5 Å². The average molecular weight is 370 g/mol. The summed E-state index contributed by atoms with van der Waals surface area (Å²) in [7, 11) is 1.75. The van der Waals surface area contributed by atoms with Gasteiger partial charge in [0.15, 0.2) is 0 Å². The summed E-state index contributed by atoms with van der Waals surface area (Å²) in [5.74, 6) is -0.906. The van der Waals surface area contributed by atoms with E-state index in [1.54, 1.807) is 30.5 Å². The Labute approximate surface area is 159 Å². The van der Waals surface area contributed by atoms with Crippen LogP contribution < -0.4 is 0 Å². The van der Waals surface area contributed by atoms with Crippen LogP contribution in [0.5, 0.6) is 0 Å². The van der Waals surface area contributed by atoms with E-state index < -0.39 is 17.4 Å². The van der Waals surface area contributed by atoms with E-state index in [-0.39, 0.29) is 24.0 Å². The van der Waals surface area contributed by atoms with E-state index in [9.17, 15) is 9.59 Å². The molecule has 2 fully saturated rings. The summed E-state index contributed by atoms with van der Waals surface area (Å²) in [6, 6.07) is 0.196. The largest absolute Gasteiger partial charge is 0.360 e. The van der Waals surface area contributed by atoms with Gasteiger partial charge in [0, 0.05) is 25.5 Å². The number of hydrogen-bond acceptors (Lipinski definition) is 5. The van der Waals surface area contributed by atoms with Crippen LogP contribution in [0.3, 0.4) is 0 Å². The molecule has 4 rings (SSSR count). The van der Waals surface area contributed by atoms with E-state index >= 15 is 0 Å². The molecule has 2 bridgehead atoms. The first-order valence-electron chi connectivity index (χ1n) is 9.68. The molecular weight excluding hydrogens is 344 g/mol. The SMILES string of the molecule is CCC(CC)N1C[C@]23C=C[C@H](O2)[C@H](C(=O)N(C)Cc2cnccn2)[C@H]3C1=O. The maximum Gasteiger partial charge on any atom is 0.230 e. The molecule has 7 heteroatoms. The topological polar surface area (TPSA) is 75.6 Å². The van der Waals surface area contributed by atoms with Crippen LogP contribution in [0, 0.1) is 11.8 Å². The Balaban J connectivity index is 1.56. The monoisotopic (exact) mass is 370 g/mol. The molecule has 2 amide bonds. The Morgan fingerprint density at radius 2 is 2.19 bits per heavy atom. The van der Waals surface area contributed by atoms with E-state index in [4.69, 9.17) is 4.74 Å². The van der Waals surface area contributed by atoms with Crippen LogP contribution >= 0.6 is 0 Å². The summed E-state index contributed by atoms with van der Waals surface area (Å²) >= 11 is 0. The smallest absolute Gasteiger partial charge is 0.230 e. The number of hydrogen-bond donors (Lipinski definition) is 0. The van der Waals surface area contributed by atoms with Gasteiger partial charge >= 0.3 is 0 Å². The molecule has 4 atom stereocenters. The molecule has 0 aliphatic carbocycles. The Kier molecular flexibility index (Phi) is 4.50. The first kappa shape index (κ1) is 18.1. The van der Waals surface area contributed by atoms with Crippen molar-refractivity contribution in [3.8, 4) is 0 Å². The van der Waals surface area contributed by atoms with E-state index in [2.05, 4.69) is 23.8 Å². The number of carbonyl (C=O) groups excluding carboxylic acids is 2. The quantitative estimate of drug-likeness (QED) is 0.708. The lowest BCUT2D eigenvalue weighted by Crippen LogP contribution is -2.45. The van der Waals surface area contributed by atoms with Crippen molar-refractivity contribution in [1.29, 1.82) is 0 Å². The summed E-state index contributed by atoms with van der Waals surface area (Å²) in [4.78, 5) is 38.3. The molecule has 27 heavy (non-hydrogen) atoms. The standard InChI is InChI=1S/C20H26N4O3/c1-4-14(5-2)24-12-20-7-6-15(27-20)16(17(20)19(24)26)18(25)23(3)11-13-10-21-8-9-22-13/h6-10,14-17H,4-5,11-12H2,1-3H3/t15-,16-,17-,20-/m0/s1. The van der Waals surface area contributed by atoms with Gasteiger partial charge in [-0.05, 0) is 12.8 Å². The molecule has 0 saturated carbocycles. The number of nitrogens with zero attached hydrogens (tertiary/aromatic N) is 4. The van der Waals surface area contributed by atoms with Crippen LogP contribution in [0.4, 0.5) is 0 Å². The first-order valence-corrected chi connectivity index (χ1v) is 9.68. The molecule has 3 aliphatic rings. The van der Waals surface area contributed by atoms with E-state index in [0.29, 0.717) is 13.1 Å². The molecule has 4 heterocycles. The molecule has 0 aromatic carbocycles. The molecule has 1 spiro atoms. The van der Waals surface area contributed by atoms with Gasteiger partial charge in [-0.15, -0.1) is 0 Å². The number of rotatable bonds is 6. The maximum absolute atomic E-state index is 13.2. The van der Waals surface area contributed by atoms with Crippen molar-refractivity contribution in [3.63, 3.8) is 0 Å². The third-order valence-electron chi connectivity index (χ3n) is 6.19. The fourth-order valence-electron chi connectivity index (χ4n) is 4.84. The van der Waals surface area contributed by atoms with E-state index in [0.717, 1.165) is 18.5 Å². The second-order valence-electron chi connectivity index (χ2n) is 7.73. The second-order valence-corrected chi connectivity index (χ2v) is 7.73. The van der Waals surface area contributed by atoms with Crippen LogP contribution in [0.1, 0.15) is 32.4 Å². The van der Waals surface area contributed by atoms with Crippen molar-refractivity contribution < 1.29 is 14.3 Å². The lowest BCUT2D eigenvalue weighted by Gasteiger charge is -2.29. The van der Waals surface area contributed by atoms with Crippen LogP contribution in [0.15, 0.2) is 30.7 Å². The lowest BCUT2D eigenvalue weighted by atomic mass is 9.76. The number of carbonyl (C=O) groups is 2. The molecule has 3 aliphatic heterocycles. The minimum Gasteiger partial charge on any atom is -0.360 e. The Morgan fingerprint density at radius 1 is 1.41 bits per heavy atom. The van der Waals surface area contributed by atoms with E-state index in [1.165, 1.54) is 0 Å². The summed E-state index contributed by atoms with van der Waals surface area (Å²) in [6.45, 7) is 5.11. The third kappa shape index (κ3) is 2.76. The predicted molar refractivity (Wildman–Crippen MR) is 98.3 cm³/mol. The Bertz CT molecular complexity index is 764. The molecule has 0 unspecified atom stereocenters. The lowest BCUT2D eigenvalue weighted by molar-refractivity contribution is -0.143. The summed E-state index contributed by atoms with van der Waals surface area (Å²) < 4.78 is 6.21. The van der Waals surface area contributed by atoms with Crippen molar-refractivity contribution >= 4 is 11.8 Å². The number of aromatic nitrogens is 2. The number of amides is 2. The molecule has 2 saturated heterocycles. The highest BCUT2D eigenvalue weighted by Crippen LogP contribution is 2.52. The normalized spacial score (nSPS) is 31.0. The van der Waals surface area contributed by atoms with Gasteiger partial charge in [-0.2, -0.15) is 0 Å². The molecule has 0 N–H and O–H groups in total. The number of fused-ring (bicyclic) bond motifs is 1.